The van der Waals surface area contributed by atoms with Crippen LogP contribution in [0.25, 0.3) is 22.0 Å². The quantitative estimate of drug-likeness (QED) is 0.537. The third-order valence-corrected chi connectivity index (χ3v) is 4.79. The average molecular weight is 405 g/mol. The molecule has 7 heteroatoms. The second-order valence-corrected chi connectivity index (χ2v) is 6.87. The average Bonchev–Trinajstić information content (AvgIpc) is 2.72. The molecule has 5 nitrogen and oxygen atoms in total. The number of amides is 1. The monoisotopic (exact) mass is 405 g/mol. The highest BCUT2D eigenvalue weighted by molar-refractivity contribution is 5.94. The molecule has 150 valence electrons. The standard InChI is InChI=1S/C23H17F2N3O2/c1-13-10-15(24)7-9-16(13)17-8-6-14(11-19(17)25)22(29)26-12-21-27-20-5-3-2-4-18(20)23(30)28-21/h2-11H,12H2,1H3,(H,26,29)(H,27,28,30). The van der Waals surface area contributed by atoms with E-state index in [4.69, 9.17) is 0 Å². The Kier molecular flexibility index (Phi) is 5.10. The van der Waals surface area contributed by atoms with Gasteiger partial charge in [-0.25, -0.2) is 13.8 Å². The van der Waals surface area contributed by atoms with E-state index in [0.717, 1.165) is 6.07 Å². The van der Waals surface area contributed by atoms with Gasteiger partial charge < -0.3 is 10.3 Å². The fraction of sp³-hybridized carbons (Fsp3) is 0.0870. The summed E-state index contributed by atoms with van der Waals surface area (Å²) in [6.45, 7) is 1.68. The number of aromatic nitrogens is 2. The van der Waals surface area contributed by atoms with Crippen LogP contribution in [-0.4, -0.2) is 15.9 Å². The van der Waals surface area contributed by atoms with Gasteiger partial charge in [-0.2, -0.15) is 0 Å². The van der Waals surface area contributed by atoms with Crippen LogP contribution >= 0.6 is 0 Å². The van der Waals surface area contributed by atoms with Crippen molar-refractivity contribution < 1.29 is 13.6 Å². The number of benzene rings is 3. The number of nitrogens with zero attached hydrogens (tertiary/aromatic N) is 1. The maximum atomic E-state index is 14.6. The van der Waals surface area contributed by atoms with E-state index in [9.17, 15) is 18.4 Å². The van der Waals surface area contributed by atoms with Crippen molar-refractivity contribution in [3.8, 4) is 11.1 Å². The lowest BCUT2D eigenvalue weighted by Gasteiger charge is -2.10. The van der Waals surface area contributed by atoms with Crippen molar-refractivity contribution in [1.29, 1.82) is 0 Å². The summed E-state index contributed by atoms with van der Waals surface area (Å²) in [6.07, 6.45) is 0. The van der Waals surface area contributed by atoms with E-state index in [1.807, 2.05) is 0 Å². The zero-order valence-corrected chi connectivity index (χ0v) is 16.0. The second kappa shape index (κ2) is 7.87. The molecule has 1 aromatic heterocycles. The van der Waals surface area contributed by atoms with E-state index in [-0.39, 0.29) is 23.2 Å². The highest BCUT2D eigenvalue weighted by Crippen LogP contribution is 2.27. The normalized spacial score (nSPS) is 10.9. The molecule has 0 aliphatic heterocycles. The molecular weight excluding hydrogens is 388 g/mol. The molecule has 0 atom stereocenters. The van der Waals surface area contributed by atoms with E-state index < -0.39 is 17.5 Å². The summed E-state index contributed by atoms with van der Waals surface area (Å²) in [7, 11) is 0. The number of H-pyrrole nitrogens is 1. The molecule has 1 heterocycles. The number of fused-ring (bicyclic) bond motifs is 1. The van der Waals surface area contributed by atoms with Crippen LogP contribution in [0.5, 0.6) is 0 Å². The highest BCUT2D eigenvalue weighted by Gasteiger charge is 2.13. The third kappa shape index (κ3) is 3.82. The molecular formula is C23H17F2N3O2. The van der Waals surface area contributed by atoms with Gasteiger partial charge in [0.1, 0.15) is 17.5 Å². The number of rotatable bonds is 4. The molecule has 4 aromatic rings. The van der Waals surface area contributed by atoms with Crippen molar-refractivity contribution in [2.45, 2.75) is 13.5 Å². The first-order valence-electron chi connectivity index (χ1n) is 9.24. The number of aromatic amines is 1. The van der Waals surface area contributed by atoms with Gasteiger partial charge in [0.15, 0.2) is 0 Å². The van der Waals surface area contributed by atoms with Crippen molar-refractivity contribution in [3.05, 3.63) is 99.6 Å². The molecule has 3 aromatic carbocycles. The number of aryl methyl sites for hydroxylation is 1. The number of halogens is 2. The van der Waals surface area contributed by atoms with Gasteiger partial charge in [0, 0.05) is 11.1 Å². The third-order valence-electron chi connectivity index (χ3n) is 4.79. The summed E-state index contributed by atoms with van der Waals surface area (Å²) in [4.78, 5) is 31.5. The maximum Gasteiger partial charge on any atom is 0.258 e. The first-order valence-corrected chi connectivity index (χ1v) is 9.24. The zero-order chi connectivity index (χ0) is 21.3. The Bertz CT molecular complexity index is 1330. The second-order valence-electron chi connectivity index (χ2n) is 6.87. The van der Waals surface area contributed by atoms with E-state index >= 15 is 0 Å². The van der Waals surface area contributed by atoms with Crippen LogP contribution in [0, 0.1) is 18.6 Å². The molecule has 0 unspecified atom stereocenters. The van der Waals surface area contributed by atoms with E-state index in [1.165, 1.54) is 30.3 Å². The van der Waals surface area contributed by atoms with Gasteiger partial charge in [0.25, 0.3) is 11.5 Å². The van der Waals surface area contributed by atoms with Crippen LogP contribution < -0.4 is 10.9 Å². The van der Waals surface area contributed by atoms with Gasteiger partial charge in [0.05, 0.1) is 17.4 Å². The Hall–Kier alpha value is -3.87. The topological polar surface area (TPSA) is 74.8 Å². The minimum absolute atomic E-state index is 0.0145. The van der Waals surface area contributed by atoms with Gasteiger partial charge in [-0.1, -0.05) is 24.3 Å². The number of para-hydroxylation sites is 1. The van der Waals surface area contributed by atoms with Crippen molar-refractivity contribution in [2.24, 2.45) is 0 Å². The summed E-state index contributed by atoms with van der Waals surface area (Å²) in [5.41, 5.74) is 1.78. The van der Waals surface area contributed by atoms with Crippen molar-refractivity contribution in [2.75, 3.05) is 0 Å². The van der Waals surface area contributed by atoms with Crippen molar-refractivity contribution in [1.82, 2.24) is 15.3 Å². The Morgan fingerprint density at radius 2 is 1.80 bits per heavy atom. The number of hydrogen-bond acceptors (Lipinski definition) is 3. The Labute approximate surface area is 170 Å². The smallest absolute Gasteiger partial charge is 0.258 e. The van der Waals surface area contributed by atoms with E-state index in [0.29, 0.717) is 27.9 Å². The molecule has 0 radical (unpaired) electrons. The summed E-state index contributed by atoms with van der Waals surface area (Å²) in [5.74, 6) is -1.19. The van der Waals surface area contributed by atoms with Gasteiger partial charge in [-0.15, -0.1) is 0 Å². The van der Waals surface area contributed by atoms with Crippen LogP contribution in [0.15, 0.2) is 65.5 Å². The Morgan fingerprint density at radius 3 is 2.57 bits per heavy atom. The molecule has 0 saturated heterocycles. The molecule has 0 fully saturated rings. The lowest BCUT2D eigenvalue weighted by molar-refractivity contribution is 0.0949. The van der Waals surface area contributed by atoms with Gasteiger partial charge >= 0.3 is 0 Å². The molecule has 0 spiro atoms. The Balaban J connectivity index is 1.53. The maximum absolute atomic E-state index is 14.6. The van der Waals surface area contributed by atoms with Crippen LogP contribution in [0.3, 0.4) is 0 Å². The lowest BCUT2D eigenvalue weighted by atomic mass is 9.98. The number of carbonyl (C=O) groups is 1. The van der Waals surface area contributed by atoms with Crippen molar-refractivity contribution >= 4 is 16.8 Å². The van der Waals surface area contributed by atoms with E-state index in [1.54, 1.807) is 31.2 Å². The molecule has 0 aliphatic carbocycles. The first kappa shape index (κ1) is 19.4. The fourth-order valence-corrected chi connectivity index (χ4v) is 3.29. The summed E-state index contributed by atoms with van der Waals surface area (Å²) in [5, 5.41) is 3.08. The predicted molar refractivity (Wildman–Crippen MR) is 110 cm³/mol. The number of hydrogen-bond donors (Lipinski definition) is 2. The lowest BCUT2D eigenvalue weighted by Crippen LogP contribution is -2.25. The minimum atomic E-state index is -0.588. The molecule has 30 heavy (non-hydrogen) atoms. The predicted octanol–water partition coefficient (Wildman–Crippen LogP) is 4.11. The SMILES string of the molecule is Cc1cc(F)ccc1-c1ccc(C(=O)NCc2nc3ccccc3c(=O)[nH]2)cc1F. The zero-order valence-electron chi connectivity index (χ0n) is 16.0. The largest absolute Gasteiger partial charge is 0.345 e. The minimum Gasteiger partial charge on any atom is -0.345 e. The molecule has 0 bridgehead atoms. The molecule has 4 rings (SSSR count). The number of carbonyl (C=O) groups excluding carboxylic acids is 1. The van der Waals surface area contributed by atoms with Crippen LogP contribution in [0.2, 0.25) is 0 Å². The van der Waals surface area contributed by atoms with Gasteiger partial charge in [0.2, 0.25) is 0 Å². The molecule has 1 amide bonds. The van der Waals surface area contributed by atoms with Crippen LogP contribution in [-0.2, 0) is 6.54 Å². The fourth-order valence-electron chi connectivity index (χ4n) is 3.29. The van der Waals surface area contributed by atoms with Gasteiger partial charge in [-0.3, -0.25) is 9.59 Å². The highest BCUT2D eigenvalue weighted by atomic mass is 19.1. The van der Waals surface area contributed by atoms with Crippen molar-refractivity contribution in [3.63, 3.8) is 0 Å². The molecule has 0 aliphatic rings. The molecule has 2 N–H and O–H groups in total. The summed E-state index contributed by atoms with van der Waals surface area (Å²) < 4.78 is 27.9. The Morgan fingerprint density at radius 1 is 1.03 bits per heavy atom. The summed E-state index contributed by atoms with van der Waals surface area (Å²) in [6, 6.07) is 15.1. The van der Waals surface area contributed by atoms with Gasteiger partial charge in [-0.05, 0) is 54.4 Å². The number of nitrogens with one attached hydrogen (secondary N) is 2. The molecule has 0 saturated carbocycles. The van der Waals surface area contributed by atoms with Crippen LogP contribution in [0.1, 0.15) is 21.7 Å². The van der Waals surface area contributed by atoms with Crippen LogP contribution in [0.4, 0.5) is 8.78 Å². The van der Waals surface area contributed by atoms with E-state index in [2.05, 4.69) is 15.3 Å². The summed E-state index contributed by atoms with van der Waals surface area (Å²) >= 11 is 0. The first-order chi connectivity index (χ1) is 14.4.